The lowest BCUT2D eigenvalue weighted by Crippen LogP contribution is -2.53. The molecule has 0 aliphatic carbocycles. The Bertz CT molecular complexity index is 1480. The molecule has 53 heavy (non-hydrogen) atoms. The number of likely N-dealkylation sites (N-methyl/N-ethyl adjacent to an activating group) is 1. The largest absolute Gasteiger partial charge is 0.469 e. The van der Waals surface area contributed by atoms with Crippen LogP contribution in [0.15, 0.2) is 42.6 Å². The summed E-state index contributed by atoms with van der Waals surface area (Å²) in [6, 6.07) is 11.1. The minimum Gasteiger partial charge on any atom is -0.469 e. The Kier molecular flexibility index (Phi) is 17.1. The molecular weight excluding hydrogens is 668 g/mol. The highest BCUT2D eigenvalue weighted by molar-refractivity contribution is 5.86. The Morgan fingerprint density at radius 1 is 0.943 bits per heavy atom. The summed E-state index contributed by atoms with van der Waals surface area (Å²) in [5, 5.41) is 0. The fraction of sp³-hybridized carbons (Fsp3) is 0.674. The zero-order chi connectivity index (χ0) is 39.4. The van der Waals surface area contributed by atoms with E-state index in [-0.39, 0.29) is 78.0 Å². The summed E-state index contributed by atoms with van der Waals surface area (Å²) in [6.07, 6.45) is 4.78. The van der Waals surface area contributed by atoms with Crippen molar-refractivity contribution in [2.24, 2.45) is 35.5 Å². The van der Waals surface area contributed by atoms with E-state index in [2.05, 4.69) is 46.5 Å². The lowest BCUT2D eigenvalue weighted by atomic mass is 9.81. The summed E-state index contributed by atoms with van der Waals surface area (Å²) in [7, 11) is 4.81. The molecule has 1 aromatic carbocycles. The smallest absolute Gasteiger partial charge is 0.309 e. The van der Waals surface area contributed by atoms with Gasteiger partial charge in [-0.3, -0.25) is 19.2 Å². The lowest BCUT2D eigenvalue weighted by molar-refractivity contribution is -0.148. The van der Waals surface area contributed by atoms with Gasteiger partial charge in [0.1, 0.15) is 11.6 Å². The van der Waals surface area contributed by atoms with Crippen LogP contribution < -0.4 is 0 Å². The fourth-order valence-electron chi connectivity index (χ4n) is 7.93. The number of carbonyl (C=O) groups is 4. The third-order valence-corrected chi connectivity index (χ3v) is 11.8. The molecule has 0 unspecified atom stereocenters. The van der Waals surface area contributed by atoms with E-state index < -0.39 is 18.0 Å². The number of methoxy groups -OCH3 is 2. The number of rotatable bonds is 20. The van der Waals surface area contributed by atoms with Crippen molar-refractivity contribution in [2.75, 3.05) is 27.8 Å². The number of carbonyl (C=O) groups excluding carboxylic acids is 4. The van der Waals surface area contributed by atoms with Crippen LogP contribution in [0.4, 0.5) is 0 Å². The number of Topliss-reactive ketones (excluding diaryl/α,β-unsaturated/α-hetero) is 1. The van der Waals surface area contributed by atoms with Gasteiger partial charge in [-0.25, -0.2) is 9.97 Å². The van der Waals surface area contributed by atoms with Crippen molar-refractivity contribution >= 4 is 23.6 Å². The molecule has 10 heteroatoms. The highest BCUT2D eigenvalue weighted by atomic mass is 16.5. The van der Waals surface area contributed by atoms with Gasteiger partial charge in [-0.2, -0.15) is 0 Å². The van der Waals surface area contributed by atoms with Crippen molar-refractivity contribution in [3.05, 3.63) is 59.7 Å². The van der Waals surface area contributed by atoms with Crippen LogP contribution >= 0.6 is 0 Å². The number of amides is 2. The molecule has 294 valence electrons. The third-order valence-electron chi connectivity index (χ3n) is 11.8. The second-order valence-corrected chi connectivity index (χ2v) is 15.9. The first kappa shape index (κ1) is 43.7. The highest BCUT2D eigenvalue weighted by Crippen LogP contribution is 2.33. The molecule has 1 fully saturated rings. The molecule has 8 atom stereocenters. The minimum atomic E-state index is -0.571. The summed E-state index contributed by atoms with van der Waals surface area (Å²) in [5.41, 5.74) is 1.93. The number of benzene rings is 1. The van der Waals surface area contributed by atoms with Gasteiger partial charge >= 0.3 is 5.97 Å². The number of hydrogen-bond acceptors (Lipinski definition) is 8. The van der Waals surface area contributed by atoms with Gasteiger partial charge < -0.3 is 19.3 Å². The predicted octanol–water partition coefficient (Wildman–Crippen LogP) is 6.95. The van der Waals surface area contributed by atoms with E-state index in [1.165, 1.54) is 7.11 Å². The molecule has 1 aromatic heterocycles. The molecule has 1 aliphatic heterocycles. The van der Waals surface area contributed by atoms with Crippen molar-refractivity contribution in [1.29, 1.82) is 0 Å². The zero-order valence-electron chi connectivity index (χ0n) is 34.2. The second kappa shape index (κ2) is 20.7. The van der Waals surface area contributed by atoms with E-state index in [9.17, 15) is 19.2 Å². The standard InChI is InChI=1S/C43H66N4O6/c1-12-29(6)41(46(9)42(50)34(27(2)3)25-39-44-21-20-35(45-39)28(4)5)38(52-10)26-40(49)47-22-16-19-36(47)30(7)31(8)37(48)24-33(43(51)53-11)23-32-17-14-13-15-18-32/h13-15,17-18,20-21,27-31,33-34,36,38,41H,12,16,19,22-26H2,1-11H3/t29-,30+,31+,33+,34-,36-,38+,41-/m0/s1. The SMILES string of the molecule is CC[C@H](C)[C@@H]([C@@H](CC(=O)N1CCC[C@H]1[C@H](C)[C@@H](C)C(=O)C[C@@H](Cc1ccccc1)C(=O)OC)OC)N(C)C(=O)[C@@H](Cc1nccc(C(C)C)n1)C(C)C. The first-order valence-electron chi connectivity index (χ1n) is 19.7. The van der Waals surface area contributed by atoms with Crippen LogP contribution in [0.2, 0.25) is 0 Å². The zero-order valence-corrected chi connectivity index (χ0v) is 34.2. The van der Waals surface area contributed by atoms with Gasteiger partial charge in [0.2, 0.25) is 11.8 Å². The van der Waals surface area contributed by atoms with E-state index in [1.807, 2.05) is 67.1 Å². The molecular formula is C43H66N4O6. The van der Waals surface area contributed by atoms with Gasteiger partial charge in [-0.1, -0.05) is 92.1 Å². The molecule has 2 amide bonds. The van der Waals surface area contributed by atoms with Crippen molar-refractivity contribution in [3.63, 3.8) is 0 Å². The molecule has 10 nitrogen and oxygen atoms in total. The molecule has 3 rings (SSSR count). The molecule has 1 aliphatic rings. The van der Waals surface area contributed by atoms with E-state index in [4.69, 9.17) is 14.5 Å². The Hall–Kier alpha value is -3.66. The topological polar surface area (TPSA) is 119 Å². The van der Waals surface area contributed by atoms with Crippen LogP contribution in [0.5, 0.6) is 0 Å². The van der Waals surface area contributed by atoms with Crippen LogP contribution in [-0.4, -0.2) is 89.3 Å². The number of hydrogen-bond donors (Lipinski definition) is 0. The normalized spacial score (nSPS) is 18.6. The van der Waals surface area contributed by atoms with Gasteiger partial charge in [0.25, 0.3) is 0 Å². The van der Waals surface area contributed by atoms with Gasteiger partial charge in [0.05, 0.1) is 31.6 Å². The van der Waals surface area contributed by atoms with Crippen molar-refractivity contribution in [1.82, 2.24) is 19.8 Å². The number of ketones is 1. The molecule has 0 spiro atoms. The molecule has 0 N–H and O–H groups in total. The van der Waals surface area contributed by atoms with Crippen LogP contribution in [-0.2, 0) is 41.5 Å². The lowest BCUT2D eigenvalue weighted by Gasteiger charge is -2.40. The van der Waals surface area contributed by atoms with Crippen molar-refractivity contribution in [3.8, 4) is 0 Å². The highest BCUT2D eigenvalue weighted by Gasteiger charge is 2.41. The minimum absolute atomic E-state index is 0.00379. The number of ether oxygens (including phenoxy) is 2. The van der Waals surface area contributed by atoms with E-state index in [1.54, 1.807) is 13.3 Å². The second-order valence-electron chi connectivity index (χ2n) is 15.9. The van der Waals surface area contributed by atoms with E-state index in [0.29, 0.717) is 25.2 Å². The van der Waals surface area contributed by atoms with Crippen LogP contribution in [0.25, 0.3) is 0 Å². The molecule has 2 aromatic rings. The van der Waals surface area contributed by atoms with Crippen molar-refractivity contribution in [2.45, 2.75) is 124 Å². The molecule has 0 bridgehead atoms. The van der Waals surface area contributed by atoms with Crippen LogP contribution in [0.1, 0.15) is 110 Å². The summed E-state index contributed by atoms with van der Waals surface area (Å²) in [6.45, 7) is 17.1. The average Bonchev–Trinajstić information content (AvgIpc) is 3.65. The van der Waals surface area contributed by atoms with Crippen LogP contribution in [0, 0.1) is 35.5 Å². The first-order valence-corrected chi connectivity index (χ1v) is 19.7. The summed E-state index contributed by atoms with van der Waals surface area (Å²) < 4.78 is 11.2. The molecule has 0 saturated carbocycles. The monoisotopic (exact) mass is 734 g/mol. The molecule has 1 saturated heterocycles. The number of aromatic nitrogens is 2. The Morgan fingerprint density at radius 3 is 2.21 bits per heavy atom. The quantitative estimate of drug-likeness (QED) is 0.134. The Labute approximate surface area is 318 Å². The summed E-state index contributed by atoms with van der Waals surface area (Å²) in [4.78, 5) is 67.9. The van der Waals surface area contributed by atoms with Crippen molar-refractivity contribution < 1.29 is 28.7 Å². The first-order chi connectivity index (χ1) is 25.1. The molecule has 2 heterocycles. The summed E-state index contributed by atoms with van der Waals surface area (Å²) >= 11 is 0. The predicted molar refractivity (Wildman–Crippen MR) is 208 cm³/mol. The van der Waals surface area contributed by atoms with Crippen LogP contribution in [0.3, 0.4) is 0 Å². The fourth-order valence-corrected chi connectivity index (χ4v) is 7.93. The molecule has 0 radical (unpaired) electrons. The Balaban J connectivity index is 1.75. The Morgan fingerprint density at radius 2 is 1.62 bits per heavy atom. The maximum Gasteiger partial charge on any atom is 0.309 e. The number of nitrogens with zero attached hydrogens (tertiary/aromatic N) is 4. The maximum atomic E-state index is 14.3. The third kappa shape index (κ3) is 11.7. The number of likely N-dealkylation sites (tertiary alicyclic amines) is 1. The van der Waals surface area contributed by atoms with Gasteiger partial charge in [0.15, 0.2) is 0 Å². The summed E-state index contributed by atoms with van der Waals surface area (Å²) in [5.74, 6) is -0.765. The van der Waals surface area contributed by atoms with Gasteiger partial charge in [-0.15, -0.1) is 0 Å². The van der Waals surface area contributed by atoms with Gasteiger partial charge in [0, 0.05) is 63.3 Å². The van der Waals surface area contributed by atoms with E-state index >= 15 is 0 Å². The van der Waals surface area contributed by atoms with E-state index in [0.717, 1.165) is 30.5 Å². The average molecular weight is 735 g/mol. The van der Waals surface area contributed by atoms with Gasteiger partial charge in [-0.05, 0) is 54.6 Å². The maximum absolute atomic E-state index is 14.3. The number of esters is 1.